The molecule has 0 bridgehead atoms. The van der Waals surface area contributed by atoms with Crippen molar-refractivity contribution in [3.8, 4) is 0 Å². The van der Waals surface area contributed by atoms with E-state index < -0.39 is 0 Å². The van der Waals surface area contributed by atoms with Gasteiger partial charge in [0, 0.05) is 17.8 Å². The van der Waals surface area contributed by atoms with Crippen LogP contribution in [0.5, 0.6) is 0 Å². The molecule has 0 fully saturated rings. The van der Waals surface area contributed by atoms with Crippen LogP contribution in [0.3, 0.4) is 0 Å². The fourth-order valence-corrected chi connectivity index (χ4v) is 1.72. The maximum Gasteiger partial charge on any atom is 0.224 e. The molecule has 22 heavy (non-hydrogen) atoms. The first-order valence-corrected chi connectivity index (χ1v) is 6.95. The number of nitrogens with zero attached hydrogens (tertiary/aromatic N) is 2. The van der Waals surface area contributed by atoms with E-state index in [1.165, 1.54) is 0 Å². The Morgan fingerprint density at radius 3 is 2.14 bits per heavy atom. The number of hydrogen-bond acceptors (Lipinski definition) is 4. The van der Waals surface area contributed by atoms with Crippen LogP contribution in [0.15, 0.2) is 71.4 Å². The van der Waals surface area contributed by atoms with Crippen LogP contribution in [0.1, 0.15) is 12.8 Å². The standard InChI is InChI=1S/C17H18N4O/c1-2-3-4-17(22)19-14-9-11-16(12-10-14)21-20-15-7-5-13(18)6-8-15/h2,5-12H,1,3-4,18H2,(H,19,22). The summed E-state index contributed by atoms with van der Waals surface area (Å²) in [5, 5.41) is 11.1. The molecule has 0 saturated carbocycles. The smallest absolute Gasteiger partial charge is 0.224 e. The molecular formula is C17H18N4O. The molecule has 0 radical (unpaired) electrons. The van der Waals surface area contributed by atoms with E-state index in [9.17, 15) is 4.79 Å². The first-order chi connectivity index (χ1) is 10.7. The van der Waals surface area contributed by atoms with Crippen LogP contribution in [0, 0.1) is 0 Å². The number of azo groups is 1. The van der Waals surface area contributed by atoms with Crippen LogP contribution in [-0.4, -0.2) is 5.91 Å². The normalized spacial score (nSPS) is 10.5. The van der Waals surface area contributed by atoms with E-state index in [4.69, 9.17) is 5.73 Å². The maximum atomic E-state index is 11.6. The Balaban J connectivity index is 1.95. The van der Waals surface area contributed by atoms with Crippen molar-refractivity contribution in [2.45, 2.75) is 12.8 Å². The highest BCUT2D eigenvalue weighted by molar-refractivity contribution is 5.90. The molecule has 2 rings (SSSR count). The summed E-state index contributed by atoms with van der Waals surface area (Å²) in [6.07, 6.45) is 2.82. The minimum absolute atomic E-state index is 0.0313. The van der Waals surface area contributed by atoms with Crippen molar-refractivity contribution >= 4 is 28.7 Å². The van der Waals surface area contributed by atoms with E-state index in [1.54, 1.807) is 54.6 Å². The Bertz CT molecular complexity index is 660. The molecule has 0 aliphatic rings. The topological polar surface area (TPSA) is 79.8 Å². The van der Waals surface area contributed by atoms with Crippen LogP contribution < -0.4 is 11.1 Å². The lowest BCUT2D eigenvalue weighted by molar-refractivity contribution is -0.116. The van der Waals surface area contributed by atoms with Gasteiger partial charge in [0.15, 0.2) is 0 Å². The van der Waals surface area contributed by atoms with Gasteiger partial charge in [0.1, 0.15) is 0 Å². The number of benzene rings is 2. The molecule has 3 N–H and O–H groups in total. The molecule has 0 aliphatic carbocycles. The maximum absolute atomic E-state index is 11.6. The molecule has 0 unspecified atom stereocenters. The average Bonchev–Trinajstić information content (AvgIpc) is 2.54. The van der Waals surface area contributed by atoms with Crippen molar-refractivity contribution < 1.29 is 4.79 Å². The summed E-state index contributed by atoms with van der Waals surface area (Å²) >= 11 is 0. The van der Waals surface area contributed by atoms with Gasteiger partial charge in [0.2, 0.25) is 5.91 Å². The molecule has 0 atom stereocenters. The monoisotopic (exact) mass is 294 g/mol. The minimum Gasteiger partial charge on any atom is -0.399 e. The molecule has 0 aliphatic heterocycles. The second-order valence-electron chi connectivity index (χ2n) is 4.71. The fraction of sp³-hybridized carbons (Fsp3) is 0.118. The zero-order valence-electron chi connectivity index (χ0n) is 12.2. The van der Waals surface area contributed by atoms with Crippen LogP contribution in [0.2, 0.25) is 0 Å². The van der Waals surface area contributed by atoms with Gasteiger partial charge in [-0.25, -0.2) is 0 Å². The molecule has 0 aromatic heterocycles. The van der Waals surface area contributed by atoms with Gasteiger partial charge in [-0.1, -0.05) is 6.08 Å². The predicted octanol–water partition coefficient (Wildman–Crippen LogP) is 4.59. The summed E-state index contributed by atoms with van der Waals surface area (Å²) in [4.78, 5) is 11.6. The van der Waals surface area contributed by atoms with E-state index >= 15 is 0 Å². The predicted molar refractivity (Wildman–Crippen MR) is 89.5 cm³/mol. The van der Waals surface area contributed by atoms with Gasteiger partial charge in [0.25, 0.3) is 0 Å². The molecule has 0 spiro atoms. The van der Waals surface area contributed by atoms with Crippen LogP contribution in [0.25, 0.3) is 0 Å². The van der Waals surface area contributed by atoms with Gasteiger partial charge in [0.05, 0.1) is 11.4 Å². The van der Waals surface area contributed by atoms with Crippen molar-refractivity contribution in [2.75, 3.05) is 11.1 Å². The summed E-state index contributed by atoms with van der Waals surface area (Å²) < 4.78 is 0. The van der Waals surface area contributed by atoms with Gasteiger partial charge in [-0.3, -0.25) is 4.79 Å². The van der Waals surface area contributed by atoms with Crippen molar-refractivity contribution in [3.05, 3.63) is 61.2 Å². The number of allylic oxidation sites excluding steroid dienone is 1. The van der Waals surface area contributed by atoms with E-state index in [2.05, 4.69) is 22.1 Å². The number of hydrogen-bond donors (Lipinski definition) is 2. The zero-order chi connectivity index (χ0) is 15.8. The number of anilines is 2. The molecule has 2 aromatic rings. The number of nitrogens with two attached hydrogens (primary N) is 1. The quantitative estimate of drug-likeness (QED) is 0.464. The minimum atomic E-state index is -0.0313. The molecule has 0 saturated heterocycles. The SMILES string of the molecule is C=CCCC(=O)Nc1ccc(N=Nc2ccc(N)cc2)cc1. The third-order valence-electron chi connectivity index (χ3n) is 2.90. The highest BCUT2D eigenvalue weighted by Gasteiger charge is 2.00. The number of amides is 1. The van der Waals surface area contributed by atoms with E-state index in [1.807, 2.05) is 0 Å². The number of carbonyl (C=O) groups is 1. The summed E-state index contributed by atoms with van der Waals surface area (Å²) in [5.41, 5.74) is 8.48. The van der Waals surface area contributed by atoms with Crippen molar-refractivity contribution in [1.29, 1.82) is 0 Å². The Kier molecular flexibility index (Phi) is 5.43. The Morgan fingerprint density at radius 1 is 1.05 bits per heavy atom. The van der Waals surface area contributed by atoms with Crippen molar-refractivity contribution in [3.63, 3.8) is 0 Å². The van der Waals surface area contributed by atoms with Crippen molar-refractivity contribution in [2.24, 2.45) is 10.2 Å². The fourth-order valence-electron chi connectivity index (χ4n) is 1.72. The van der Waals surface area contributed by atoms with Gasteiger partial charge in [-0.05, 0) is 55.0 Å². The first-order valence-electron chi connectivity index (χ1n) is 6.95. The number of carbonyl (C=O) groups excluding carboxylic acids is 1. The molecule has 1 amide bonds. The lowest BCUT2D eigenvalue weighted by atomic mass is 10.2. The van der Waals surface area contributed by atoms with Crippen LogP contribution in [0.4, 0.5) is 22.7 Å². The van der Waals surface area contributed by atoms with Gasteiger partial charge >= 0.3 is 0 Å². The van der Waals surface area contributed by atoms with E-state index in [-0.39, 0.29) is 5.91 Å². The highest BCUT2D eigenvalue weighted by atomic mass is 16.1. The second kappa shape index (κ2) is 7.73. The second-order valence-corrected chi connectivity index (χ2v) is 4.71. The van der Waals surface area contributed by atoms with Crippen LogP contribution in [-0.2, 0) is 4.79 Å². The molecule has 5 nitrogen and oxygen atoms in total. The summed E-state index contributed by atoms with van der Waals surface area (Å²) in [5.74, 6) is -0.0313. The van der Waals surface area contributed by atoms with Crippen molar-refractivity contribution in [1.82, 2.24) is 0 Å². The molecule has 5 heteroatoms. The first kappa shape index (κ1) is 15.4. The number of rotatable bonds is 6. The zero-order valence-corrected chi connectivity index (χ0v) is 12.2. The van der Waals surface area contributed by atoms with Gasteiger partial charge in [-0.15, -0.1) is 6.58 Å². The molecule has 0 heterocycles. The third-order valence-corrected chi connectivity index (χ3v) is 2.90. The molecule has 112 valence electrons. The Labute approximate surface area is 129 Å². The summed E-state index contributed by atoms with van der Waals surface area (Å²) in [6, 6.07) is 14.3. The average molecular weight is 294 g/mol. The van der Waals surface area contributed by atoms with Crippen LogP contribution >= 0.6 is 0 Å². The lowest BCUT2D eigenvalue weighted by Crippen LogP contribution is -2.10. The lowest BCUT2D eigenvalue weighted by Gasteiger charge is -2.04. The van der Waals surface area contributed by atoms with E-state index in [0.29, 0.717) is 24.2 Å². The molecular weight excluding hydrogens is 276 g/mol. The van der Waals surface area contributed by atoms with Gasteiger partial charge in [-0.2, -0.15) is 10.2 Å². The van der Waals surface area contributed by atoms with Gasteiger partial charge < -0.3 is 11.1 Å². The third kappa shape index (κ3) is 4.86. The number of nitrogen functional groups attached to an aromatic ring is 1. The summed E-state index contributed by atoms with van der Waals surface area (Å²) in [6.45, 7) is 3.59. The Morgan fingerprint density at radius 2 is 1.59 bits per heavy atom. The van der Waals surface area contributed by atoms with E-state index in [0.717, 1.165) is 11.4 Å². The summed E-state index contributed by atoms with van der Waals surface area (Å²) in [7, 11) is 0. The largest absolute Gasteiger partial charge is 0.399 e. The highest BCUT2D eigenvalue weighted by Crippen LogP contribution is 2.21. The Hall–Kier alpha value is -2.95. The number of nitrogens with one attached hydrogen (secondary N) is 1. The molecule has 2 aromatic carbocycles.